The summed E-state index contributed by atoms with van der Waals surface area (Å²) in [6.07, 6.45) is 3.23. The van der Waals surface area contributed by atoms with E-state index in [-0.39, 0.29) is 35.8 Å². The third kappa shape index (κ3) is 8.31. The number of hydrogen-bond acceptors (Lipinski definition) is 7. The molecule has 0 aromatic heterocycles. The van der Waals surface area contributed by atoms with E-state index in [0.29, 0.717) is 49.4 Å². The van der Waals surface area contributed by atoms with E-state index in [1.165, 1.54) is 4.90 Å². The monoisotopic (exact) mass is 590 g/mol. The maximum Gasteiger partial charge on any atom is 0.243 e. The Morgan fingerprint density at radius 1 is 0.977 bits per heavy atom. The molecule has 2 aliphatic rings. The highest BCUT2D eigenvalue weighted by atomic mass is 16.5. The molecule has 1 aliphatic carbocycles. The maximum absolute atomic E-state index is 13.5. The fourth-order valence-electron chi connectivity index (χ4n) is 5.10. The van der Waals surface area contributed by atoms with Crippen LogP contribution in [-0.2, 0) is 27.2 Å². The van der Waals surface area contributed by atoms with Crippen LogP contribution in [0.3, 0.4) is 0 Å². The molecule has 0 radical (unpaired) electrons. The van der Waals surface area contributed by atoms with Gasteiger partial charge in [0.05, 0.1) is 6.04 Å². The number of nitrogen functional groups attached to an aromatic ring is 2. The van der Waals surface area contributed by atoms with Gasteiger partial charge in [-0.3, -0.25) is 25.2 Å². The molecule has 0 bridgehead atoms. The van der Waals surface area contributed by atoms with Crippen LogP contribution in [0.5, 0.6) is 5.75 Å². The van der Waals surface area contributed by atoms with Crippen molar-refractivity contribution in [2.24, 2.45) is 17.4 Å². The SMILES string of the molecule is C[C@@H]1C(=O)N[C@H](Cc2ccc(C(=N)N)cc2)C(=O)NCCCc2cc(C(=N)N)ccc2OCCN[C@@H](C2CC2)C(=O)N1C. The highest BCUT2D eigenvalue weighted by molar-refractivity contribution is 5.96. The first-order chi connectivity index (χ1) is 20.5. The van der Waals surface area contributed by atoms with Crippen molar-refractivity contribution < 1.29 is 19.1 Å². The fraction of sp³-hybridized carbons (Fsp3) is 0.452. The van der Waals surface area contributed by atoms with Crippen molar-refractivity contribution in [2.75, 3.05) is 26.7 Å². The zero-order valence-electron chi connectivity index (χ0n) is 24.7. The quantitative estimate of drug-likeness (QED) is 0.196. The van der Waals surface area contributed by atoms with Crippen LogP contribution in [0.25, 0.3) is 0 Å². The van der Waals surface area contributed by atoms with Crippen molar-refractivity contribution in [3.8, 4) is 5.75 Å². The van der Waals surface area contributed by atoms with Crippen LogP contribution in [0.2, 0.25) is 0 Å². The second-order valence-corrected chi connectivity index (χ2v) is 11.2. The summed E-state index contributed by atoms with van der Waals surface area (Å²) < 4.78 is 6.07. The van der Waals surface area contributed by atoms with E-state index < -0.39 is 24.0 Å². The van der Waals surface area contributed by atoms with Gasteiger partial charge < -0.3 is 37.1 Å². The summed E-state index contributed by atoms with van der Waals surface area (Å²) in [5, 5.41) is 24.6. The van der Waals surface area contributed by atoms with Crippen molar-refractivity contribution in [3.63, 3.8) is 0 Å². The molecule has 3 atom stereocenters. The Labute approximate surface area is 251 Å². The Kier molecular flexibility index (Phi) is 10.4. The maximum atomic E-state index is 13.5. The number of likely N-dealkylation sites (N-methyl/N-ethyl adjacent to an activating group) is 1. The van der Waals surface area contributed by atoms with Gasteiger partial charge in [-0.1, -0.05) is 24.3 Å². The lowest BCUT2D eigenvalue weighted by Gasteiger charge is -2.30. The molecule has 0 spiro atoms. The smallest absolute Gasteiger partial charge is 0.243 e. The van der Waals surface area contributed by atoms with Gasteiger partial charge in [0.2, 0.25) is 17.7 Å². The molecule has 2 aromatic carbocycles. The molecule has 12 heteroatoms. The lowest BCUT2D eigenvalue weighted by molar-refractivity contribution is -0.141. The molecule has 4 rings (SSSR count). The minimum Gasteiger partial charge on any atom is -0.492 e. The van der Waals surface area contributed by atoms with E-state index >= 15 is 0 Å². The number of aryl methyl sites for hydroxylation is 1. The van der Waals surface area contributed by atoms with Crippen LogP contribution in [-0.4, -0.2) is 79.2 Å². The molecule has 230 valence electrons. The topological polar surface area (TPSA) is 200 Å². The van der Waals surface area contributed by atoms with E-state index in [9.17, 15) is 14.4 Å². The van der Waals surface area contributed by atoms with E-state index in [1.807, 2.05) is 6.07 Å². The minimum absolute atomic E-state index is 0.0451. The lowest BCUT2D eigenvalue weighted by Crippen LogP contribution is -2.56. The number of nitrogens with two attached hydrogens (primary N) is 2. The summed E-state index contributed by atoms with van der Waals surface area (Å²) >= 11 is 0. The first kappa shape index (κ1) is 31.5. The number of benzene rings is 2. The molecule has 2 aromatic rings. The zero-order valence-corrected chi connectivity index (χ0v) is 24.7. The number of carbonyl (C=O) groups excluding carboxylic acids is 3. The number of ether oxygens (including phenoxy) is 1. The first-order valence-electron chi connectivity index (χ1n) is 14.7. The molecular weight excluding hydrogens is 548 g/mol. The number of amides is 3. The van der Waals surface area contributed by atoms with Crippen molar-refractivity contribution in [1.82, 2.24) is 20.9 Å². The second kappa shape index (κ2) is 14.1. The molecule has 43 heavy (non-hydrogen) atoms. The van der Waals surface area contributed by atoms with Crippen molar-refractivity contribution in [3.05, 3.63) is 64.7 Å². The average molecular weight is 591 g/mol. The summed E-state index contributed by atoms with van der Waals surface area (Å²) in [6, 6.07) is 10.2. The van der Waals surface area contributed by atoms with Gasteiger partial charge in [-0.05, 0) is 67.9 Å². The first-order valence-corrected chi connectivity index (χ1v) is 14.7. The second-order valence-electron chi connectivity index (χ2n) is 11.2. The van der Waals surface area contributed by atoms with Crippen molar-refractivity contribution >= 4 is 29.4 Å². The summed E-state index contributed by atoms with van der Waals surface area (Å²) in [6.45, 7) is 2.77. The number of fused-ring (bicyclic) bond motifs is 1. The van der Waals surface area contributed by atoms with Gasteiger partial charge >= 0.3 is 0 Å². The Morgan fingerprint density at radius 3 is 2.30 bits per heavy atom. The highest BCUT2D eigenvalue weighted by Crippen LogP contribution is 2.33. The minimum atomic E-state index is -0.891. The van der Waals surface area contributed by atoms with Crippen molar-refractivity contribution in [2.45, 2.75) is 57.2 Å². The predicted molar refractivity (Wildman–Crippen MR) is 164 cm³/mol. The van der Waals surface area contributed by atoms with Gasteiger partial charge in [-0.15, -0.1) is 0 Å². The predicted octanol–water partition coefficient (Wildman–Crippen LogP) is 0.639. The molecule has 0 unspecified atom stereocenters. The average Bonchev–Trinajstić information content (AvgIpc) is 3.83. The van der Waals surface area contributed by atoms with E-state index in [4.69, 9.17) is 27.0 Å². The number of carbonyl (C=O) groups is 3. The Bertz CT molecular complexity index is 1360. The van der Waals surface area contributed by atoms with Crippen molar-refractivity contribution in [1.29, 1.82) is 10.8 Å². The molecule has 9 N–H and O–H groups in total. The molecule has 12 nitrogen and oxygen atoms in total. The number of nitrogens with zero attached hydrogens (tertiary/aromatic N) is 1. The molecule has 1 heterocycles. The summed E-state index contributed by atoms with van der Waals surface area (Å²) in [7, 11) is 1.61. The largest absolute Gasteiger partial charge is 0.492 e. The third-order valence-electron chi connectivity index (χ3n) is 8.02. The Hall–Kier alpha value is -4.45. The van der Waals surface area contributed by atoms with Crippen LogP contribution >= 0.6 is 0 Å². The summed E-state index contributed by atoms with van der Waals surface area (Å²) in [5.74, 6) is -0.207. The van der Waals surface area contributed by atoms with Gasteiger partial charge in [0.1, 0.15) is 36.1 Å². The third-order valence-corrected chi connectivity index (χ3v) is 8.02. The molecule has 0 saturated heterocycles. The standard InChI is InChI=1S/C31H42N8O4/c1-18-29(40)38-24(16-19-5-7-21(8-6-19)27(32)33)30(41)37-13-3-4-22-17-23(28(34)35)11-12-25(22)43-15-14-36-26(20-9-10-20)31(42)39(18)2/h5-8,11-12,17-18,20,24,26,36H,3-4,9-10,13-16H2,1-2H3,(H3,32,33)(H3,34,35)(H,37,41)(H,38,40)/t18-,24-,26+/m1/s1. The molecular formula is C31H42N8O4. The van der Waals surface area contributed by atoms with Gasteiger partial charge in [-0.2, -0.15) is 0 Å². The van der Waals surface area contributed by atoms with Gasteiger partial charge in [0, 0.05) is 37.7 Å². The molecule has 1 saturated carbocycles. The van der Waals surface area contributed by atoms with Crippen LogP contribution < -0.4 is 32.2 Å². The zero-order chi connectivity index (χ0) is 31.1. The molecule has 1 fully saturated rings. The Morgan fingerprint density at radius 2 is 1.65 bits per heavy atom. The van der Waals surface area contributed by atoms with E-state index in [0.717, 1.165) is 24.0 Å². The highest BCUT2D eigenvalue weighted by Gasteiger charge is 2.39. The van der Waals surface area contributed by atoms with E-state index in [1.54, 1.807) is 50.4 Å². The van der Waals surface area contributed by atoms with Crippen LogP contribution in [0.4, 0.5) is 0 Å². The summed E-state index contributed by atoms with van der Waals surface area (Å²) in [5.41, 5.74) is 14.1. The molecule has 3 amide bonds. The van der Waals surface area contributed by atoms with E-state index in [2.05, 4.69) is 16.0 Å². The lowest BCUT2D eigenvalue weighted by atomic mass is 10.0. The van der Waals surface area contributed by atoms with Gasteiger partial charge in [0.25, 0.3) is 0 Å². The number of rotatable bonds is 5. The van der Waals surface area contributed by atoms with Crippen LogP contribution in [0.15, 0.2) is 42.5 Å². The van der Waals surface area contributed by atoms with Crippen LogP contribution in [0, 0.1) is 16.7 Å². The van der Waals surface area contributed by atoms with Crippen LogP contribution in [0.1, 0.15) is 48.4 Å². The fourth-order valence-corrected chi connectivity index (χ4v) is 5.10. The van der Waals surface area contributed by atoms with Gasteiger partial charge in [0.15, 0.2) is 0 Å². The van der Waals surface area contributed by atoms with Gasteiger partial charge in [-0.25, -0.2) is 0 Å². The number of amidine groups is 2. The normalized spacial score (nSPS) is 22.7. The number of nitrogens with one attached hydrogen (secondary N) is 5. The summed E-state index contributed by atoms with van der Waals surface area (Å²) in [4.78, 5) is 41.7. The Balaban J connectivity index is 1.58. The number of hydrogen-bond donors (Lipinski definition) is 7. The molecule has 1 aliphatic heterocycles.